The first-order valence-electron chi connectivity index (χ1n) is 7.81. The summed E-state index contributed by atoms with van der Waals surface area (Å²) in [7, 11) is 2.02. The number of nitrogens with two attached hydrogens (primary N) is 1. The fraction of sp³-hybridized carbons (Fsp3) is 0.500. The molecule has 0 saturated carbocycles. The minimum absolute atomic E-state index is 0.133. The largest absolute Gasteiger partial charge is 0.492 e. The molecule has 1 spiro atoms. The maximum atomic E-state index is 12.6. The highest BCUT2D eigenvalue weighted by Gasteiger charge is 2.51. The second-order valence-corrected chi connectivity index (χ2v) is 6.19. The van der Waals surface area contributed by atoms with Crippen LogP contribution in [0.4, 0.5) is 10.5 Å². The molecule has 0 aromatic heterocycles. The molecule has 1 aromatic carbocycles. The minimum atomic E-state index is -0.721. The Hall–Kier alpha value is -2.28. The smallest absolute Gasteiger partial charge is 0.325 e. The fourth-order valence-corrected chi connectivity index (χ4v) is 3.08. The monoisotopic (exact) mass is 318 g/mol. The zero-order chi connectivity index (χ0) is 16.4. The third kappa shape index (κ3) is 3.10. The van der Waals surface area contributed by atoms with Crippen molar-refractivity contribution in [2.24, 2.45) is 0 Å². The number of nitrogens with zero attached hydrogens (tertiary/aromatic N) is 2. The number of amides is 3. The van der Waals surface area contributed by atoms with Crippen molar-refractivity contribution in [2.75, 3.05) is 39.0 Å². The number of hydrogen-bond donors (Lipinski definition) is 2. The molecule has 2 aliphatic heterocycles. The van der Waals surface area contributed by atoms with Gasteiger partial charge in [0.1, 0.15) is 17.9 Å². The Labute approximate surface area is 135 Å². The average molecular weight is 318 g/mol. The molecule has 2 saturated heterocycles. The summed E-state index contributed by atoms with van der Waals surface area (Å²) >= 11 is 0. The zero-order valence-corrected chi connectivity index (χ0v) is 13.2. The number of rotatable bonds is 4. The molecule has 7 nitrogen and oxygen atoms in total. The Morgan fingerprint density at radius 1 is 1.30 bits per heavy atom. The highest BCUT2D eigenvalue weighted by Crippen LogP contribution is 2.28. The summed E-state index contributed by atoms with van der Waals surface area (Å²) in [5.41, 5.74) is 5.58. The van der Waals surface area contributed by atoms with Gasteiger partial charge in [0, 0.05) is 24.8 Å². The summed E-state index contributed by atoms with van der Waals surface area (Å²) in [4.78, 5) is 28.2. The molecule has 2 heterocycles. The van der Waals surface area contributed by atoms with Crippen LogP contribution in [0.25, 0.3) is 0 Å². The number of imide groups is 1. The van der Waals surface area contributed by atoms with E-state index in [9.17, 15) is 9.59 Å². The van der Waals surface area contributed by atoms with E-state index >= 15 is 0 Å². The van der Waals surface area contributed by atoms with Crippen molar-refractivity contribution in [3.63, 3.8) is 0 Å². The predicted octanol–water partition coefficient (Wildman–Crippen LogP) is 0.664. The van der Waals surface area contributed by atoms with Crippen LogP contribution in [-0.4, -0.2) is 60.6 Å². The van der Waals surface area contributed by atoms with E-state index in [2.05, 4.69) is 10.2 Å². The lowest BCUT2D eigenvalue weighted by molar-refractivity contribution is -0.133. The molecule has 3 rings (SSSR count). The van der Waals surface area contributed by atoms with Crippen molar-refractivity contribution in [2.45, 2.75) is 18.4 Å². The Bertz CT molecular complexity index is 611. The molecule has 0 aliphatic carbocycles. The summed E-state index contributed by atoms with van der Waals surface area (Å²) in [5, 5.41) is 2.88. The molecule has 2 fully saturated rings. The number of benzene rings is 1. The molecule has 2 aliphatic rings. The van der Waals surface area contributed by atoms with Crippen LogP contribution in [0.2, 0.25) is 0 Å². The maximum absolute atomic E-state index is 12.6. The summed E-state index contributed by atoms with van der Waals surface area (Å²) in [6.07, 6.45) is 1.31. The number of nitrogens with one attached hydrogen (secondary N) is 1. The quantitative estimate of drug-likeness (QED) is 0.629. The number of anilines is 1. The first kappa shape index (κ1) is 15.6. The molecule has 1 aromatic rings. The van der Waals surface area contributed by atoms with E-state index in [0.29, 0.717) is 24.3 Å². The lowest BCUT2D eigenvalue weighted by Crippen LogP contribution is -2.54. The van der Waals surface area contributed by atoms with Crippen LogP contribution in [0.3, 0.4) is 0 Å². The van der Waals surface area contributed by atoms with Crippen LogP contribution in [0.15, 0.2) is 24.3 Å². The van der Waals surface area contributed by atoms with E-state index in [4.69, 9.17) is 10.5 Å². The summed E-state index contributed by atoms with van der Waals surface area (Å²) in [5.74, 6) is 0.498. The molecule has 124 valence electrons. The standard InChI is InChI=1S/C16H22N4O3/c1-19-7-5-16(6-8-19)14(21)20(15(22)18-16)9-10-23-13-4-2-3-12(17)11-13/h2-4,11H,5-10,17H2,1H3,(H,18,22). The molecule has 0 atom stereocenters. The van der Waals surface area contributed by atoms with Gasteiger partial charge < -0.3 is 20.7 Å². The first-order valence-corrected chi connectivity index (χ1v) is 7.81. The second kappa shape index (κ2) is 6.08. The SMILES string of the molecule is CN1CCC2(CC1)NC(=O)N(CCOc1cccc(N)c1)C2=O. The minimum Gasteiger partial charge on any atom is -0.492 e. The number of carbonyl (C=O) groups is 2. The topological polar surface area (TPSA) is 87.9 Å². The van der Waals surface area contributed by atoms with Crippen LogP contribution < -0.4 is 15.8 Å². The zero-order valence-electron chi connectivity index (χ0n) is 13.2. The number of ether oxygens (including phenoxy) is 1. The Morgan fingerprint density at radius 2 is 2.04 bits per heavy atom. The van der Waals surface area contributed by atoms with Crippen molar-refractivity contribution in [3.8, 4) is 5.75 Å². The van der Waals surface area contributed by atoms with Gasteiger partial charge in [0.2, 0.25) is 0 Å². The Morgan fingerprint density at radius 3 is 2.74 bits per heavy atom. The van der Waals surface area contributed by atoms with Gasteiger partial charge in [-0.05, 0) is 32.0 Å². The van der Waals surface area contributed by atoms with Crippen molar-refractivity contribution in [3.05, 3.63) is 24.3 Å². The van der Waals surface area contributed by atoms with Crippen molar-refractivity contribution in [1.29, 1.82) is 0 Å². The summed E-state index contributed by atoms with van der Waals surface area (Å²) in [6.45, 7) is 2.09. The summed E-state index contributed by atoms with van der Waals surface area (Å²) in [6, 6.07) is 6.75. The number of piperidine rings is 1. The van der Waals surface area contributed by atoms with E-state index < -0.39 is 5.54 Å². The van der Waals surface area contributed by atoms with Crippen LogP contribution in [0.5, 0.6) is 5.75 Å². The number of likely N-dealkylation sites (tertiary alicyclic amines) is 1. The van der Waals surface area contributed by atoms with Gasteiger partial charge in [0.25, 0.3) is 5.91 Å². The second-order valence-electron chi connectivity index (χ2n) is 6.19. The molecule has 7 heteroatoms. The maximum Gasteiger partial charge on any atom is 0.325 e. The molecule has 0 radical (unpaired) electrons. The molecule has 3 amide bonds. The normalized spacial score (nSPS) is 20.8. The van der Waals surface area contributed by atoms with E-state index in [0.717, 1.165) is 13.1 Å². The van der Waals surface area contributed by atoms with Gasteiger partial charge in [-0.25, -0.2) is 4.79 Å². The molecule has 0 bridgehead atoms. The van der Waals surface area contributed by atoms with Gasteiger partial charge in [-0.3, -0.25) is 9.69 Å². The van der Waals surface area contributed by atoms with Crippen LogP contribution in [-0.2, 0) is 4.79 Å². The number of hydrogen-bond acceptors (Lipinski definition) is 5. The highest BCUT2D eigenvalue weighted by atomic mass is 16.5. The third-order valence-electron chi connectivity index (χ3n) is 4.53. The van der Waals surface area contributed by atoms with Gasteiger partial charge in [-0.15, -0.1) is 0 Å². The molecular weight excluding hydrogens is 296 g/mol. The van der Waals surface area contributed by atoms with E-state index in [-0.39, 0.29) is 25.1 Å². The third-order valence-corrected chi connectivity index (χ3v) is 4.53. The molecular formula is C16H22N4O3. The van der Waals surface area contributed by atoms with Crippen molar-refractivity contribution >= 4 is 17.6 Å². The molecule has 23 heavy (non-hydrogen) atoms. The van der Waals surface area contributed by atoms with Gasteiger partial charge in [-0.1, -0.05) is 6.07 Å². The number of carbonyl (C=O) groups excluding carboxylic acids is 2. The molecule has 0 unspecified atom stereocenters. The average Bonchev–Trinajstić information content (AvgIpc) is 2.75. The van der Waals surface area contributed by atoms with Gasteiger partial charge in [-0.2, -0.15) is 0 Å². The fourth-order valence-electron chi connectivity index (χ4n) is 3.08. The lowest BCUT2D eigenvalue weighted by atomic mass is 9.88. The Balaban J connectivity index is 1.58. The van der Waals surface area contributed by atoms with E-state index in [1.54, 1.807) is 24.3 Å². The van der Waals surface area contributed by atoms with Crippen LogP contribution in [0.1, 0.15) is 12.8 Å². The van der Waals surface area contributed by atoms with Gasteiger partial charge in [0.15, 0.2) is 0 Å². The lowest BCUT2D eigenvalue weighted by Gasteiger charge is -2.35. The van der Waals surface area contributed by atoms with E-state index in [1.807, 2.05) is 7.05 Å². The number of nitrogen functional groups attached to an aromatic ring is 1. The van der Waals surface area contributed by atoms with Crippen molar-refractivity contribution in [1.82, 2.24) is 15.1 Å². The number of urea groups is 1. The van der Waals surface area contributed by atoms with E-state index in [1.165, 1.54) is 4.90 Å². The molecule has 3 N–H and O–H groups in total. The van der Waals surface area contributed by atoms with Gasteiger partial charge >= 0.3 is 6.03 Å². The Kier molecular flexibility index (Phi) is 4.12. The van der Waals surface area contributed by atoms with Crippen LogP contribution >= 0.6 is 0 Å². The summed E-state index contributed by atoms with van der Waals surface area (Å²) < 4.78 is 5.58. The first-order chi connectivity index (χ1) is 11.0. The highest BCUT2D eigenvalue weighted by molar-refractivity contribution is 6.07. The van der Waals surface area contributed by atoms with Gasteiger partial charge in [0.05, 0.1) is 6.54 Å². The predicted molar refractivity (Wildman–Crippen MR) is 86.1 cm³/mol. The van der Waals surface area contributed by atoms with Crippen molar-refractivity contribution < 1.29 is 14.3 Å². The van der Waals surface area contributed by atoms with Crippen LogP contribution in [0, 0.1) is 0 Å².